The lowest BCUT2D eigenvalue weighted by Gasteiger charge is -2.29. The second kappa shape index (κ2) is 15.3. The molecule has 2 saturated heterocycles. The van der Waals surface area contributed by atoms with E-state index in [4.69, 9.17) is 55.1 Å². The number of fused-ring (bicyclic) bond motifs is 1. The Morgan fingerprint density at radius 1 is 1.22 bits per heavy atom. The number of hydrogen-bond acceptors (Lipinski definition) is 15. The van der Waals surface area contributed by atoms with E-state index in [0.29, 0.717) is 24.2 Å². The third-order valence-electron chi connectivity index (χ3n) is 6.99. The molecule has 2 aliphatic heterocycles. The van der Waals surface area contributed by atoms with E-state index in [1.54, 1.807) is 12.1 Å². The molecule has 0 saturated carbocycles. The second-order valence-corrected chi connectivity index (χ2v) is 12.3. The molecular formula is C28H32ClN6O10P. The van der Waals surface area contributed by atoms with Gasteiger partial charge in [0.15, 0.2) is 24.0 Å². The number of phosphoric acid groups is 1. The molecular weight excluding hydrogens is 647 g/mol. The third-order valence-corrected chi connectivity index (χ3v) is 8.73. The number of halogens is 1. The van der Waals surface area contributed by atoms with E-state index in [9.17, 15) is 14.2 Å². The SMILES string of the molecule is CC(=O)CCC(=O)OC[C@H]1O[C@@H](n2cnc3c(N)ncnc32)[C@H](OC2CCCO2)[C@@H]1OP(=O)(OCCC#N)Oc1ccccc1Cl. The van der Waals surface area contributed by atoms with Gasteiger partial charge in [0, 0.05) is 19.4 Å². The number of anilines is 1. The van der Waals surface area contributed by atoms with E-state index in [1.807, 2.05) is 6.07 Å². The van der Waals surface area contributed by atoms with Crippen LogP contribution in [0.15, 0.2) is 36.9 Å². The lowest BCUT2D eigenvalue weighted by molar-refractivity contribution is -0.180. The minimum atomic E-state index is -4.59. The fourth-order valence-electron chi connectivity index (χ4n) is 4.82. The first-order valence-electron chi connectivity index (χ1n) is 14.4. The van der Waals surface area contributed by atoms with Crippen LogP contribution >= 0.6 is 19.4 Å². The molecule has 0 amide bonds. The summed E-state index contributed by atoms with van der Waals surface area (Å²) >= 11 is 6.28. The van der Waals surface area contributed by atoms with Gasteiger partial charge in [0.2, 0.25) is 0 Å². The molecule has 6 atom stereocenters. The Morgan fingerprint density at radius 3 is 2.78 bits per heavy atom. The fraction of sp³-hybridized carbons (Fsp3) is 0.500. The lowest BCUT2D eigenvalue weighted by atomic mass is 10.1. The summed E-state index contributed by atoms with van der Waals surface area (Å²) in [6.45, 7) is 1.12. The zero-order valence-corrected chi connectivity index (χ0v) is 26.4. The monoisotopic (exact) mass is 678 g/mol. The highest BCUT2D eigenvalue weighted by Crippen LogP contribution is 2.55. The van der Waals surface area contributed by atoms with Crippen molar-refractivity contribution in [3.05, 3.63) is 41.9 Å². The summed E-state index contributed by atoms with van der Waals surface area (Å²) in [5.41, 5.74) is 6.62. The minimum absolute atomic E-state index is 0.00323. The quantitative estimate of drug-likeness (QED) is 0.137. The van der Waals surface area contributed by atoms with Crippen LogP contribution in [0.2, 0.25) is 5.02 Å². The van der Waals surface area contributed by atoms with Crippen LogP contribution < -0.4 is 10.3 Å². The van der Waals surface area contributed by atoms with Crippen molar-refractivity contribution in [2.24, 2.45) is 0 Å². The van der Waals surface area contributed by atoms with Crippen molar-refractivity contribution in [2.45, 2.75) is 69.9 Å². The number of esters is 1. The number of benzene rings is 1. The molecule has 18 heteroatoms. The number of nitrogens with zero attached hydrogens (tertiary/aromatic N) is 5. The predicted octanol–water partition coefficient (Wildman–Crippen LogP) is 3.90. The Kier molecular flexibility index (Phi) is 11.2. The molecule has 4 heterocycles. The van der Waals surface area contributed by atoms with Gasteiger partial charge in [-0.2, -0.15) is 5.26 Å². The Balaban J connectivity index is 1.52. The van der Waals surface area contributed by atoms with Gasteiger partial charge in [0.1, 0.15) is 48.3 Å². The average molecular weight is 679 g/mol. The molecule has 2 aromatic heterocycles. The summed E-state index contributed by atoms with van der Waals surface area (Å²) in [5, 5.41) is 9.22. The van der Waals surface area contributed by atoms with Gasteiger partial charge in [0.05, 0.1) is 36.9 Å². The number of imidazole rings is 1. The molecule has 2 unspecified atom stereocenters. The third kappa shape index (κ3) is 8.18. The van der Waals surface area contributed by atoms with Crippen LogP contribution in [-0.2, 0) is 42.1 Å². The highest BCUT2D eigenvalue weighted by atomic mass is 35.5. The molecule has 0 bridgehead atoms. The first-order valence-corrected chi connectivity index (χ1v) is 16.3. The van der Waals surface area contributed by atoms with Gasteiger partial charge in [-0.25, -0.2) is 19.5 Å². The van der Waals surface area contributed by atoms with Crippen LogP contribution in [0.5, 0.6) is 5.75 Å². The summed E-state index contributed by atoms with van der Waals surface area (Å²) in [6.07, 6.45) is -1.57. The number of carbonyl (C=O) groups excluding carboxylic acids is 2. The molecule has 2 fully saturated rings. The van der Waals surface area contributed by atoms with E-state index in [-0.39, 0.29) is 48.2 Å². The van der Waals surface area contributed by atoms with Gasteiger partial charge >= 0.3 is 13.8 Å². The molecule has 3 aromatic rings. The van der Waals surface area contributed by atoms with E-state index in [0.717, 1.165) is 6.42 Å². The maximum absolute atomic E-state index is 14.3. The Labute approximate surface area is 268 Å². The van der Waals surface area contributed by atoms with Gasteiger partial charge < -0.3 is 34.0 Å². The number of Topliss-reactive ketones (excluding diaryl/α,β-unsaturated/α-hetero) is 1. The summed E-state index contributed by atoms with van der Waals surface area (Å²) in [7, 11) is -4.59. The Bertz CT molecular complexity index is 1630. The van der Waals surface area contributed by atoms with Crippen molar-refractivity contribution in [1.29, 1.82) is 5.26 Å². The largest absolute Gasteiger partial charge is 0.530 e. The first-order chi connectivity index (χ1) is 22.2. The van der Waals surface area contributed by atoms with Gasteiger partial charge in [-0.3, -0.25) is 18.4 Å². The van der Waals surface area contributed by atoms with Gasteiger partial charge in [0.25, 0.3) is 0 Å². The lowest BCUT2D eigenvalue weighted by Crippen LogP contribution is -2.40. The number of nitrogen functional groups attached to an aromatic ring is 1. The van der Waals surface area contributed by atoms with Gasteiger partial charge in [-0.05, 0) is 25.5 Å². The van der Waals surface area contributed by atoms with Crippen LogP contribution in [0, 0.1) is 11.3 Å². The second-order valence-electron chi connectivity index (χ2n) is 10.4. The molecule has 0 spiro atoms. The summed E-state index contributed by atoms with van der Waals surface area (Å²) in [6, 6.07) is 8.17. The standard InChI is InChI=1S/C28H32ClN6O10P/c1-17(36)9-10-21(37)40-14-20-24(45-46(38,41-13-5-11-30)44-19-7-3-2-6-18(19)29)25(43-22-8-4-12-39-22)28(42-20)35-16-34-23-26(31)32-15-33-27(23)35/h2-3,6-7,15-16,20,22,24-25,28H,4-5,8-10,12-14H2,1H3,(H2,31,32,33)/t20-,22?,24-,25-,28-,46?/m1/s1. The number of ether oxygens (including phenoxy) is 4. The van der Waals surface area contributed by atoms with Crippen molar-refractivity contribution in [1.82, 2.24) is 19.5 Å². The average Bonchev–Trinajstić information content (AvgIpc) is 3.77. The minimum Gasteiger partial charge on any atom is -0.463 e. The number of para-hydroxylation sites is 1. The smallest absolute Gasteiger partial charge is 0.463 e. The van der Waals surface area contributed by atoms with Crippen LogP contribution in [0.1, 0.15) is 45.3 Å². The van der Waals surface area contributed by atoms with Crippen molar-refractivity contribution < 1.29 is 46.7 Å². The van der Waals surface area contributed by atoms with Crippen molar-refractivity contribution in [3.63, 3.8) is 0 Å². The summed E-state index contributed by atoms with van der Waals surface area (Å²) < 4.78 is 57.2. The van der Waals surface area contributed by atoms with Crippen molar-refractivity contribution >= 4 is 48.2 Å². The summed E-state index contributed by atoms with van der Waals surface area (Å²) in [5.74, 6) is -0.713. The predicted molar refractivity (Wildman–Crippen MR) is 159 cm³/mol. The highest BCUT2D eigenvalue weighted by Gasteiger charge is 2.53. The van der Waals surface area contributed by atoms with Crippen LogP contribution in [0.3, 0.4) is 0 Å². The number of nitrogens with two attached hydrogens (primary N) is 1. The number of ketones is 1. The maximum atomic E-state index is 14.3. The van der Waals surface area contributed by atoms with Gasteiger partial charge in [-0.15, -0.1) is 0 Å². The van der Waals surface area contributed by atoms with E-state index >= 15 is 0 Å². The van der Waals surface area contributed by atoms with Gasteiger partial charge in [-0.1, -0.05) is 23.7 Å². The summed E-state index contributed by atoms with van der Waals surface area (Å²) in [4.78, 5) is 36.5. The number of nitriles is 1. The van der Waals surface area contributed by atoms with Crippen molar-refractivity contribution in [2.75, 3.05) is 25.6 Å². The topological polar surface area (TPSA) is 209 Å². The fourth-order valence-corrected chi connectivity index (χ4v) is 6.47. The molecule has 2 aliphatic rings. The highest BCUT2D eigenvalue weighted by molar-refractivity contribution is 7.49. The molecule has 16 nitrogen and oxygen atoms in total. The molecule has 0 radical (unpaired) electrons. The zero-order valence-electron chi connectivity index (χ0n) is 24.7. The van der Waals surface area contributed by atoms with Crippen molar-refractivity contribution in [3.8, 4) is 11.8 Å². The Hall–Kier alpha value is -3.68. The molecule has 2 N–H and O–H groups in total. The van der Waals surface area contributed by atoms with Crippen LogP contribution in [0.25, 0.3) is 11.2 Å². The molecule has 5 rings (SSSR count). The van der Waals surface area contributed by atoms with E-state index in [2.05, 4.69) is 15.0 Å². The number of carbonyl (C=O) groups is 2. The maximum Gasteiger partial charge on any atom is 0.530 e. The van der Waals surface area contributed by atoms with Crippen LogP contribution in [-0.4, -0.2) is 75.7 Å². The molecule has 46 heavy (non-hydrogen) atoms. The number of phosphoric ester groups is 1. The molecule has 1 aromatic carbocycles. The number of aromatic nitrogens is 4. The number of hydrogen-bond donors (Lipinski definition) is 1. The number of rotatable bonds is 15. The normalized spacial score (nSPS) is 24.0. The first kappa shape index (κ1) is 33.7. The van der Waals surface area contributed by atoms with Crippen LogP contribution in [0.4, 0.5) is 5.82 Å². The van der Waals surface area contributed by atoms with E-state index < -0.39 is 51.2 Å². The zero-order chi connectivity index (χ0) is 32.7. The molecule has 246 valence electrons. The Morgan fingerprint density at radius 2 is 2.04 bits per heavy atom. The molecule has 0 aliphatic carbocycles. The van der Waals surface area contributed by atoms with E-state index in [1.165, 1.54) is 36.3 Å².